The average Bonchev–Trinajstić information content (AvgIpc) is 2.88. The van der Waals surface area contributed by atoms with Crippen LogP contribution < -0.4 is 5.38 Å². The van der Waals surface area contributed by atoms with E-state index in [-0.39, 0.29) is 6.61 Å². The molecule has 0 fully saturated rings. The molecule has 0 amide bonds. The van der Waals surface area contributed by atoms with Gasteiger partial charge in [-0.05, 0) is 6.07 Å². The summed E-state index contributed by atoms with van der Waals surface area (Å²) in [5.41, 5.74) is 0.705. The molecule has 1 rings (SSSR count). The van der Waals surface area contributed by atoms with Crippen LogP contribution in [0.25, 0.3) is 0 Å². The Morgan fingerprint density at radius 2 is 1.84 bits per heavy atom. The highest BCUT2D eigenvalue weighted by atomic mass is 28.3. The predicted octanol–water partition coefficient (Wildman–Crippen LogP) is 2.12. The van der Waals surface area contributed by atoms with Gasteiger partial charge in [0.1, 0.15) is 14.7 Å². The summed E-state index contributed by atoms with van der Waals surface area (Å²) < 4.78 is 10.3. The number of rotatable bonds is 6. The van der Waals surface area contributed by atoms with E-state index in [4.69, 9.17) is 9.52 Å². The van der Waals surface area contributed by atoms with Crippen LogP contribution in [-0.4, -0.2) is 25.1 Å². The molecule has 0 saturated heterocycles. The molecule has 1 N–H and O–H groups in total. The van der Waals surface area contributed by atoms with E-state index < -0.39 is 20.0 Å². The Morgan fingerprint density at radius 1 is 1.26 bits per heavy atom. The summed E-state index contributed by atoms with van der Waals surface area (Å²) in [5.74, 6) is -2.82. The topological polar surface area (TPSA) is 76.7 Å². The number of esters is 1. The first-order valence-corrected chi connectivity index (χ1v) is 9.09. The molecule has 0 aliphatic carbocycles. The Morgan fingerprint density at radius 3 is 2.32 bits per heavy atom. The summed E-state index contributed by atoms with van der Waals surface area (Å²) in [7, 11) is -1.57. The smallest absolute Gasteiger partial charge is 0.417 e. The van der Waals surface area contributed by atoms with Gasteiger partial charge in [0, 0.05) is 5.56 Å². The van der Waals surface area contributed by atoms with Gasteiger partial charge in [0.15, 0.2) is 0 Å². The zero-order chi connectivity index (χ0) is 14.5. The molecule has 106 valence electrons. The van der Waals surface area contributed by atoms with Crippen molar-refractivity contribution >= 4 is 25.4 Å². The Balaban J connectivity index is 2.76. The SMILES string of the molecule is CC[Si](CC)(CC)c1cc(COC(=O)C(=O)O)co1. The predicted molar refractivity (Wildman–Crippen MR) is 73.0 cm³/mol. The van der Waals surface area contributed by atoms with E-state index in [1.165, 1.54) is 0 Å². The van der Waals surface area contributed by atoms with Gasteiger partial charge in [-0.2, -0.15) is 0 Å². The van der Waals surface area contributed by atoms with Crippen molar-refractivity contribution in [3.05, 3.63) is 17.9 Å². The number of aliphatic carboxylic acids is 1. The molecule has 0 saturated carbocycles. The number of carboxylic acids is 1. The maximum atomic E-state index is 10.8. The molecule has 0 atom stereocenters. The fourth-order valence-electron chi connectivity index (χ4n) is 2.21. The van der Waals surface area contributed by atoms with Gasteiger partial charge in [-0.15, -0.1) is 0 Å². The zero-order valence-corrected chi connectivity index (χ0v) is 12.6. The van der Waals surface area contributed by atoms with E-state index in [1.54, 1.807) is 6.26 Å². The molecular formula is C13H20O5Si. The van der Waals surface area contributed by atoms with Crippen molar-refractivity contribution in [3.63, 3.8) is 0 Å². The van der Waals surface area contributed by atoms with Crippen molar-refractivity contribution in [3.8, 4) is 0 Å². The van der Waals surface area contributed by atoms with Gasteiger partial charge in [0.2, 0.25) is 0 Å². The molecule has 1 aromatic heterocycles. The van der Waals surface area contributed by atoms with Gasteiger partial charge in [0.25, 0.3) is 0 Å². The molecule has 19 heavy (non-hydrogen) atoms. The third kappa shape index (κ3) is 3.47. The summed E-state index contributed by atoms with van der Waals surface area (Å²) in [6.45, 7) is 6.46. The molecule has 0 aliphatic rings. The van der Waals surface area contributed by atoms with Crippen LogP contribution in [0.3, 0.4) is 0 Å². The van der Waals surface area contributed by atoms with Gasteiger partial charge >= 0.3 is 11.9 Å². The molecule has 5 nitrogen and oxygen atoms in total. The van der Waals surface area contributed by atoms with Crippen molar-refractivity contribution in [1.29, 1.82) is 0 Å². The fourth-order valence-corrected chi connectivity index (χ4v) is 5.56. The lowest BCUT2D eigenvalue weighted by atomic mass is 10.4. The molecule has 6 heteroatoms. The lowest BCUT2D eigenvalue weighted by Crippen LogP contribution is -2.44. The Kier molecular flexibility index (Phi) is 5.35. The Bertz CT molecular complexity index is 439. The van der Waals surface area contributed by atoms with Gasteiger partial charge in [-0.1, -0.05) is 38.9 Å². The minimum atomic E-state index is -1.58. The van der Waals surface area contributed by atoms with E-state index in [0.29, 0.717) is 5.56 Å². The van der Waals surface area contributed by atoms with Gasteiger partial charge in [0.05, 0.1) is 11.6 Å². The van der Waals surface area contributed by atoms with E-state index >= 15 is 0 Å². The number of carbonyl (C=O) groups excluding carboxylic acids is 1. The maximum absolute atomic E-state index is 10.8. The second-order valence-electron chi connectivity index (χ2n) is 4.54. The van der Waals surface area contributed by atoms with Crippen LogP contribution in [0.5, 0.6) is 0 Å². The quantitative estimate of drug-likeness (QED) is 0.492. The van der Waals surface area contributed by atoms with Crippen LogP contribution in [0.4, 0.5) is 0 Å². The first-order valence-electron chi connectivity index (χ1n) is 6.47. The van der Waals surface area contributed by atoms with Crippen LogP contribution in [-0.2, 0) is 20.9 Å². The number of furan rings is 1. The van der Waals surface area contributed by atoms with Gasteiger partial charge < -0.3 is 14.3 Å². The van der Waals surface area contributed by atoms with Crippen molar-refractivity contribution in [2.75, 3.05) is 0 Å². The number of hydrogen-bond acceptors (Lipinski definition) is 4. The Labute approximate surface area is 113 Å². The molecule has 0 aromatic carbocycles. The summed E-state index contributed by atoms with van der Waals surface area (Å²) >= 11 is 0. The lowest BCUT2D eigenvalue weighted by molar-refractivity contribution is -0.164. The van der Waals surface area contributed by atoms with E-state index in [9.17, 15) is 9.59 Å². The molecular weight excluding hydrogens is 264 g/mol. The molecule has 0 bridgehead atoms. The molecule has 0 unspecified atom stereocenters. The zero-order valence-electron chi connectivity index (χ0n) is 11.6. The van der Waals surface area contributed by atoms with E-state index in [2.05, 4.69) is 25.5 Å². The average molecular weight is 284 g/mol. The highest BCUT2D eigenvalue weighted by molar-refractivity contribution is 6.90. The molecule has 0 radical (unpaired) electrons. The molecule has 0 spiro atoms. The van der Waals surface area contributed by atoms with Crippen LogP contribution in [0.15, 0.2) is 16.7 Å². The third-order valence-corrected chi connectivity index (χ3v) is 9.12. The number of carbonyl (C=O) groups is 2. The van der Waals surface area contributed by atoms with E-state index in [1.807, 2.05) is 6.07 Å². The van der Waals surface area contributed by atoms with Gasteiger partial charge in [-0.25, -0.2) is 9.59 Å². The van der Waals surface area contributed by atoms with Gasteiger partial charge in [-0.3, -0.25) is 0 Å². The summed E-state index contributed by atoms with van der Waals surface area (Å²) in [6.07, 6.45) is 1.55. The number of ether oxygens (including phenoxy) is 1. The second-order valence-corrected chi connectivity index (χ2v) is 9.72. The number of carboxylic acid groups (broad SMARTS) is 1. The lowest BCUT2D eigenvalue weighted by Gasteiger charge is -2.24. The largest absolute Gasteiger partial charge is 0.474 e. The fraction of sp³-hybridized carbons (Fsp3) is 0.538. The molecule has 1 aromatic rings. The van der Waals surface area contributed by atoms with Crippen molar-refractivity contribution in [2.24, 2.45) is 0 Å². The third-order valence-electron chi connectivity index (χ3n) is 3.75. The highest BCUT2D eigenvalue weighted by Gasteiger charge is 2.32. The van der Waals surface area contributed by atoms with Crippen LogP contribution in [0.2, 0.25) is 18.1 Å². The van der Waals surface area contributed by atoms with Crippen molar-refractivity contribution < 1.29 is 23.8 Å². The maximum Gasteiger partial charge on any atom is 0.417 e. The summed E-state index contributed by atoms with van der Waals surface area (Å²) in [4.78, 5) is 21.2. The minimum Gasteiger partial charge on any atom is -0.474 e. The first kappa shape index (κ1) is 15.5. The molecule has 0 aliphatic heterocycles. The molecule has 1 heterocycles. The second kappa shape index (κ2) is 6.56. The van der Waals surface area contributed by atoms with Crippen LogP contribution >= 0.6 is 0 Å². The van der Waals surface area contributed by atoms with Crippen molar-refractivity contribution in [1.82, 2.24) is 0 Å². The highest BCUT2D eigenvalue weighted by Crippen LogP contribution is 2.21. The summed E-state index contributed by atoms with van der Waals surface area (Å²) in [6, 6.07) is 5.20. The van der Waals surface area contributed by atoms with E-state index in [0.717, 1.165) is 23.5 Å². The normalized spacial score (nSPS) is 11.3. The summed E-state index contributed by atoms with van der Waals surface area (Å²) in [5, 5.41) is 9.42. The Hall–Kier alpha value is -1.56. The van der Waals surface area contributed by atoms with Crippen molar-refractivity contribution in [2.45, 2.75) is 45.5 Å². The van der Waals surface area contributed by atoms with Crippen LogP contribution in [0.1, 0.15) is 26.3 Å². The van der Waals surface area contributed by atoms with Crippen LogP contribution in [0, 0.1) is 0 Å². The number of hydrogen-bond donors (Lipinski definition) is 1. The first-order chi connectivity index (χ1) is 8.99. The minimum absolute atomic E-state index is 0.0593. The monoisotopic (exact) mass is 284 g/mol. The standard InChI is InChI=1S/C13H20O5Si/c1-4-19(5-2,6-3)11-7-10(8-17-11)9-18-13(16)12(14)15/h7-8H,4-6,9H2,1-3H3,(H,14,15).